The number of nitrogens with one attached hydrogen (secondary N) is 1. The maximum atomic E-state index is 12.9. The summed E-state index contributed by atoms with van der Waals surface area (Å²) in [5.41, 5.74) is 2.43. The van der Waals surface area contributed by atoms with Crippen LogP contribution < -0.4 is 10.9 Å². The number of nitrogens with zero attached hydrogens (tertiary/aromatic N) is 2. The molecule has 0 fully saturated rings. The SMILES string of the molecule is COC[C@@H](C)NC(=O)c1cnc2scc(-c3ccc(C)cc3)n2c1=O. The van der Waals surface area contributed by atoms with Gasteiger partial charge in [-0.2, -0.15) is 0 Å². The van der Waals surface area contributed by atoms with Crippen molar-refractivity contribution in [2.75, 3.05) is 13.7 Å². The molecule has 25 heavy (non-hydrogen) atoms. The third kappa shape index (κ3) is 3.47. The molecule has 1 aromatic carbocycles. The second-order valence-corrected chi connectivity index (χ2v) is 6.75. The van der Waals surface area contributed by atoms with E-state index in [2.05, 4.69) is 10.3 Å². The second kappa shape index (κ2) is 7.16. The van der Waals surface area contributed by atoms with E-state index < -0.39 is 5.91 Å². The van der Waals surface area contributed by atoms with E-state index in [1.54, 1.807) is 7.11 Å². The van der Waals surface area contributed by atoms with Gasteiger partial charge < -0.3 is 10.1 Å². The number of hydrogen-bond donors (Lipinski definition) is 1. The van der Waals surface area contributed by atoms with Crippen molar-refractivity contribution in [3.8, 4) is 11.3 Å². The fourth-order valence-corrected chi connectivity index (χ4v) is 3.43. The van der Waals surface area contributed by atoms with Gasteiger partial charge in [-0.3, -0.25) is 14.0 Å². The minimum absolute atomic E-state index is 0.0206. The average Bonchev–Trinajstić information content (AvgIpc) is 3.01. The van der Waals surface area contributed by atoms with Crippen molar-refractivity contribution in [1.29, 1.82) is 0 Å². The molecule has 0 radical (unpaired) electrons. The largest absolute Gasteiger partial charge is 0.383 e. The van der Waals surface area contributed by atoms with Crippen LogP contribution in [-0.4, -0.2) is 35.1 Å². The summed E-state index contributed by atoms with van der Waals surface area (Å²) in [5.74, 6) is -0.447. The number of aryl methyl sites for hydroxylation is 1. The van der Waals surface area contributed by atoms with E-state index >= 15 is 0 Å². The maximum absolute atomic E-state index is 12.9. The molecule has 6 nitrogen and oxygen atoms in total. The van der Waals surface area contributed by atoms with Crippen molar-refractivity contribution in [1.82, 2.24) is 14.7 Å². The van der Waals surface area contributed by atoms with Gasteiger partial charge in [0.2, 0.25) is 0 Å². The third-order valence-electron chi connectivity index (χ3n) is 3.83. The van der Waals surface area contributed by atoms with E-state index in [0.29, 0.717) is 11.6 Å². The van der Waals surface area contributed by atoms with E-state index in [0.717, 1.165) is 16.8 Å². The van der Waals surface area contributed by atoms with Crippen molar-refractivity contribution in [2.24, 2.45) is 0 Å². The summed E-state index contributed by atoms with van der Waals surface area (Å²) in [6.45, 7) is 4.19. The van der Waals surface area contributed by atoms with Gasteiger partial charge in [0.15, 0.2) is 4.96 Å². The van der Waals surface area contributed by atoms with E-state index in [4.69, 9.17) is 4.74 Å². The molecule has 1 atom stereocenters. The van der Waals surface area contributed by atoms with Crippen molar-refractivity contribution in [3.63, 3.8) is 0 Å². The van der Waals surface area contributed by atoms with E-state index in [1.807, 2.05) is 43.5 Å². The predicted molar refractivity (Wildman–Crippen MR) is 98.3 cm³/mol. The van der Waals surface area contributed by atoms with Crippen LogP contribution in [0.5, 0.6) is 0 Å². The molecule has 0 saturated carbocycles. The molecule has 0 aliphatic heterocycles. The standard InChI is InChI=1S/C18H19N3O3S/c1-11-4-6-13(7-5-11)15-10-25-18-19-8-14(17(23)21(15)18)16(22)20-12(2)9-24-3/h4-8,10,12H,9H2,1-3H3,(H,20,22)/t12-/m1/s1. The first kappa shape index (κ1) is 17.3. The van der Waals surface area contributed by atoms with Crippen LogP contribution in [0.4, 0.5) is 0 Å². The molecule has 130 valence electrons. The highest BCUT2D eigenvalue weighted by molar-refractivity contribution is 7.15. The minimum atomic E-state index is -0.447. The van der Waals surface area contributed by atoms with Crippen LogP contribution >= 0.6 is 11.3 Å². The average molecular weight is 357 g/mol. The lowest BCUT2D eigenvalue weighted by Gasteiger charge is -2.12. The van der Waals surface area contributed by atoms with Crippen molar-refractivity contribution in [2.45, 2.75) is 19.9 Å². The van der Waals surface area contributed by atoms with Gasteiger partial charge in [-0.25, -0.2) is 4.98 Å². The molecular formula is C18H19N3O3S. The first-order valence-electron chi connectivity index (χ1n) is 7.87. The Morgan fingerprint density at radius 2 is 2.08 bits per heavy atom. The summed E-state index contributed by atoms with van der Waals surface area (Å²) in [6.07, 6.45) is 1.34. The van der Waals surface area contributed by atoms with Crippen LogP contribution in [0.2, 0.25) is 0 Å². The molecule has 0 aliphatic carbocycles. The number of benzene rings is 1. The molecule has 7 heteroatoms. The van der Waals surface area contributed by atoms with Crippen LogP contribution in [0, 0.1) is 6.92 Å². The van der Waals surface area contributed by atoms with Gasteiger partial charge in [0.1, 0.15) is 5.56 Å². The summed E-state index contributed by atoms with van der Waals surface area (Å²) >= 11 is 1.37. The molecule has 0 bridgehead atoms. The fraction of sp³-hybridized carbons (Fsp3) is 0.278. The lowest BCUT2D eigenvalue weighted by molar-refractivity contribution is 0.0903. The highest BCUT2D eigenvalue weighted by Crippen LogP contribution is 2.24. The van der Waals surface area contributed by atoms with Crippen LogP contribution in [0.3, 0.4) is 0 Å². The number of thiazole rings is 1. The Bertz CT molecular complexity index is 960. The molecule has 0 spiro atoms. The van der Waals surface area contributed by atoms with Crippen molar-refractivity contribution in [3.05, 3.63) is 57.3 Å². The molecule has 1 N–H and O–H groups in total. The van der Waals surface area contributed by atoms with Crippen LogP contribution in [-0.2, 0) is 4.74 Å². The third-order valence-corrected chi connectivity index (χ3v) is 4.67. The monoisotopic (exact) mass is 357 g/mol. The highest BCUT2D eigenvalue weighted by atomic mass is 32.1. The van der Waals surface area contributed by atoms with Gasteiger partial charge >= 0.3 is 0 Å². The fourth-order valence-electron chi connectivity index (χ4n) is 2.57. The van der Waals surface area contributed by atoms with Crippen LogP contribution in [0.1, 0.15) is 22.8 Å². The Balaban J connectivity index is 2.04. The van der Waals surface area contributed by atoms with Crippen LogP contribution in [0.15, 0.2) is 40.6 Å². The Morgan fingerprint density at radius 1 is 1.36 bits per heavy atom. The molecule has 3 rings (SSSR count). The molecule has 0 unspecified atom stereocenters. The zero-order valence-corrected chi connectivity index (χ0v) is 15.1. The summed E-state index contributed by atoms with van der Waals surface area (Å²) in [4.78, 5) is 30.1. The lowest BCUT2D eigenvalue weighted by Crippen LogP contribution is -2.39. The number of methoxy groups -OCH3 is 1. The van der Waals surface area contributed by atoms with E-state index in [-0.39, 0.29) is 17.2 Å². The maximum Gasteiger partial charge on any atom is 0.271 e. The summed E-state index contributed by atoms with van der Waals surface area (Å²) in [7, 11) is 1.56. The van der Waals surface area contributed by atoms with E-state index in [9.17, 15) is 9.59 Å². The number of hydrogen-bond acceptors (Lipinski definition) is 5. The quantitative estimate of drug-likeness (QED) is 0.761. The summed E-state index contributed by atoms with van der Waals surface area (Å²) in [5, 5.41) is 4.63. The Morgan fingerprint density at radius 3 is 2.76 bits per heavy atom. The van der Waals surface area contributed by atoms with E-state index in [1.165, 1.54) is 21.9 Å². The van der Waals surface area contributed by atoms with Gasteiger partial charge in [-0.1, -0.05) is 29.8 Å². The molecule has 1 amide bonds. The number of aromatic nitrogens is 2. The Labute approximate surface area is 149 Å². The van der Waals surface area contributed by atoms with Crippen molar-refractivity contribution >= 4 is 22.2 Å². The minimum Gasteiger partial charge on any atom is -0.383 e. The van der Waals surface area contributed by atoms with Gasteiger partial charge in [0.05, 0.1) is 12.3 Å². The number of amides is 1. The second-order valence-electron chi connectivity index (χ2n) is 5.91. The van der Waals surface area contributed by atoms with Crippen molar-refractivity contribution < 1.29 is 9.53 Å². The number of carbonyl (C=O) groups excluding carboxylic acids is 1. The number of carbonyl (C=O) groups is 1. The summed E-state index contributed by atoms with van der Waals surface area (Å²) in [6, 6.07) is 7.69. The molecule has 0 aliphatic rings. The molecular weight excluding hydrogens is 338 g/mol. The van der Waals surface area contributed by atoms with Crippen LogP contribution in [0.25, 0.3) is 16.2 Å². The molecule has 0 saturated heterocycles. The Kier molecular flexibility index (Phi) is 4.96. The first-order chi connectivity index (χ1) is 12.0. The normalized spacial score (nSPS) is 12.3. The number of fused-ring (bicyclic) bond motifs is 1. The van der Waals surface area contributed by atoms with Gasteiger partial charge in [-0.05, 0) is 19.4 Å². The molecule has 2 heterocycles. The van der Waals surface area contributed by atoms with Gasteiger partial charge in [-0.15, -0.1) is 11.3 Å². The molecule has 2 aromatic heterocycles. The smallest absolute Gasteiger partial charge is 0.271 e. The zero-order valence-electron chi connectivity index (χ0n) is 14.3. The highest BCUT2D eigenvalue weighted by Gasteiger charge is 2.18. The Hall–Kier alpha value is -2.51. The number of ether oxygens (including phenoxy) is 1. The lowest BCUT2D eigenvalue weighted by atomic mass is 10.1. The zero-order chi connectivity index (χ0) is 18.0. The predicted octanol–water partition coefficient (Wildman–Crippen LogP) is 2.50. The topological polar surface area (TPSA) is 72.7 Å². The van der Waals surface area contributed by atoms with Gasteiger partial charge in [0, 0.05) is 24.7 Å². The molecule has 3 aromatic rings. The summed E-state index contributed by atoms with van der Waals surface area (Å²) < 4.78 is 6.49. The first-order valence-corrected chi connectivity index (χ1v) is 8.75. The number of rotatable bonds is 5. The van der Waals surface area contributed by atoms with Gasteiger partial charge in [0.25, 0.3) is 11.5 Å².